The van der Waals surface area contributed by atoms with Crippen LogP contribution in [0.2, 0.25) is 0 Å². The predicted octanol–water partition coefficient (Wildman–Crippen LogP) is 1.76. The van der Waals surface area contributed by atoms with Crippen LogP contribution in [-0.4, -0.2) is 26.5 Å². The Morgan fingerprint density at radius 3 is 2.79 bits per heavy atom. The van der Waals surface area contributed by atoms with E-state index in [0.29, 0.717) is 24.9 Å². The van der Waals surface area contributed by atoms with Crippen LogP contribution in [0.3, 0.4) is 0 Å². The molecule has 0 aromatic carbocycles. The van der Waals surface area contributed by atoms with Crippen LogP contribution in [0.15, 0.2) is 18.5 Å². The molecule has 7 heteroatoms. The van der Waals surface area contributed by atoms with Gasteiger partial charge in [0.15, 0.2) is 11.6 Å². The monoisotopic (exact) mass is 262 g/mol. The SMILES string of the molecule is CCNc1ncc(F)c(NCc2ccnc(C)n2)n1. The molecule has 0 saturated heterocycles. The summed E-state index contributed by atoms with van der Waals surface area (Å²) < 4.78 is 13.5. The first-order valence-corrected chi connectivity index (χ1v) is 5.98. The molecular weight excluding hydrogens is 247 g/mol. The van der Waals surface area contributed by atoms with Crippen molar-refractivity contribution in [2.75, 3.05) is 17.2 Å². The Labute approximate surface area is 110 Å². The van der Waals surface area contributed by atoms with Gasteiger partial charge in [-0.1, -0.05) is 0 Å². The maximum absolute atomic E-state index is 13.5. The number of aromatic nitrogens is 4. The second-order valence-corrected chi connectivity index (χ2v) is 3.87. The minimum absolute atomic E-state index is 0.155. The minimum atomic E-state index is -0.493. The molecule has 0 aliphatic heterocycles. The van der Waals surface area contributed by atoms with Crippen molar-refractivity contribution in [2.24, 2.45) is 0 Å². The van der Waals surface area contributed by atoms with Crippen molar-refractivity contribution in [3.63, 3.8) is 0 Å². The summed E-state index contributed by atoms with van der Waals surface area (Å²) in [5, 5.41) is 5.83. The summed E-state index contributed by atoms with van der Waals surface area (Å²) in [6.45, 7) is 4.78. The number of hydrogen-bond donors (Lipinski definition) is 2. The predicted molar refractivity (Wildman–Crippen MR) is 70.2 cm³/mol. The molecule has 2 aromatic heterocycles. The van der Waals surface area contributed by atoms with Gasteiger partial charge in [-0.2, -0.15) is 4.98 Å². The van der Waals surface area contributed by atoms with Crippen molar-refractivity contribution in [3.05, 3.63) is 35.8 Å². The normalized spacial score (nSPS) is 10.3. The van der Waals surface area contributed by atoms with E-state index in [9.17, 15) is 4.39 Å². The Kier molecular flexibility index (Phi) is 4.17. The number of hydrogen-bond acceptors (Lipinski definition) is 6. The van der Waals surface area contributed by atoms with Crippen LogP contribution in [-0.2, 0) is 6.54 Å². The third-order valence-corrected chi connectivity index (χ3v) is 2.35. The number of aryl methyl sites for hydroxylation is 1. The first kappa shape index (κ1) is 13.1. The van der Waals surface area contributed by atoms with Crippen molar-refractivity contribution >= 4 is 11.8 Å². The van der Waals surface area contributed by atoms with E-state index in [4.69, 9.17) is 0 Å². The van der Waals surface area contributed by atoms with Gasteiger partial charge in [0, 0.05) is 12.7 Å². The lowest BCUT2D eigenvalue weighted by atomic mass is 10.4. The molecule has 0 fully saturated rings. The molecule has 2 heterocycles. The number of halogens is 1. The number of anilines is 2. The molecule has 2 aromatic rings. The van der Waals surface area contributed by atoms with E-state index < -0.39 is 5.82 Å². The first-order valence-electron chi connectivity index (χ1n) is 5.98. The van der Waals surface area contributed by atoms with Gasteiger partial charge in [-0.25, -0.2) is 19.3 Å². The molecule has 6 nitrogen and oxygen atoms in total. The van der Waals surface area contributed by atoms with Crippen LogP contribution in [0.5, 0.6) is 0 Å². The molecule has 0 spiro atoms. The molecular formula is C12H15FN6. The number of nitrogens with zero attached hydrogens (tertiary/aromatic N) is 4. The number of nitrogens with one attached hydrogen (secondary N) is 2. The Balaban J connectivity index is 2.08. The van der Waals surface area contributed by atoms with Crippen molar-refractivity contribution in [1.82, 2.24) is 19.9 Å². The molecule has 19 heavy (non-hydrogen) atoms. The van der Waals surface area contributed by atoms with Crippen molar-refractivity contribution < 1.29 is 4.39 Å². The van der Waals surface area contributed by atoms with Gasteiger partial charge in [0.2, 0.25) is 5.95 Å². The van der Waals surface area contributed by atoms with Crippen LogP contribution in [0, 0.1) is 12.7 Å². The first-order chi connectivity index (χ1) is 9.19. The van der Waals surface area contributed by atoms with Gasteiger partial charge < -0.3 is 10.6 Å². The van der Waals surface area contributed by atoms with Crippen LogP contribution in [0.25, 0.3) is 0 Å². The zero-order chi connectivity index (χ0) is 13.7. The Hall–Kier alpha value is -2.31. The zero-order valence-electron chi connectivity index (χ0n) is 10.8. The average Bonchev–Trinajstić information content (AvgIpc) is 2.40. The third kappa shape index (κ3) is 3.57. The van der Waals surface area contributed by atoms with Crippen molar-refractivity contribution in [3.8, 4) is 0 Å². The molecule has 0 unspecified atom stereocenters. The van der Waals surface area contributed by atoms with E-state index in [1.165, 1.54) is 0 Å². The fraction of sp³-hybridized carbons (Fsp3) is 0.333. The Bertz CT molecular complexity index is 560. The van der Waals surface area contributed by atoms with Gasteiger partial charge in [-0.05, 0) is 19.9 Å². The summed E-state index contributed by atoms with van der Waals surface area (Å²) in [6.07, 6.45) is 2.80. The molecule has 100 valence electrons. The number of rotatable bonds is 5. The van der Waals surface area contributed by atoms with E-state index >= 15 is 0 Å². The fourth-order valence-corrected chi connectivity index (χ4v) is 1.51. The lowest BCUT2D eigenvalue weighted by Crippen LogP contribution is -2.09. The molecule has 0 amide bonds. The maximum atomic E-state index is 13.5. The highest BCUT2D eigenvalue weighted by Crippen LogP contribution is 2.12. The lowest BCUT2D eigenvalue weighted by molar-refractivity contribution is 0.617. The second-order valence-electron chi connectivity index (χ2n) is 3.87. The third-order valence-electron chi connectivity index (χ3n) is 2.35. The van der Waals surface area contributed by atoms with Gasteiger partial charge in [0.1, 0.15) is 5.82 Å². The van der Waals surface area contributed by atoms with E-state index in [2.05, 4.69) is 30.6 Å². The Morgan fingerprint density at radius 2 is 2.05 bits per heavy atom. The summed E-state index contributed by atoms with van der Waals surface area (Å²) in [7, 11) is 0. The molecule has 2 rings (SSSR count). The quantitative estimate of drug-likeness (QED) is 0.855. The Morgan fingerprint density at radius 1 is 1.21 bits per heavy atom. The molecule has 0 aliphatic rings. The van der Waals surface area contributed by atoms with Gasteiger partial charge >= 0.3 is 0 Å². The standard InChI is InChI=1S/C12H15FN6/c1-3-14-12-17-7-10(13)11(19-12)16-6-9-4-5-15-8(2)18-9/h4-5,7H,3,6H2,1-2H3,(H2,14,16,17,19). The average molecular weight is 262 g/mol. The summed E-state index contributed by atoms with van der Waals surface area (Å²) in [5.41, 5.74) is 0.774. The van der Waals surface area contributed by atoms with Gasteiger partial charge in [0.25, 0.3) is 0 Å². The van der Waals surface area contributed by atoms with Gasteiger partial charge in [-0.3, -0.25) is 0 Å². The summed E-state index contributed by atoms with van der Waals surface area (Å²) in [5.74, 6) is 0.732. The summed E-state index contributed by atoms with van der Waals surface area (Å²) >= 11 is 0. The molecule has 0 atom stereocenters. The minimum Gasteiger partial charge on any atom is -0.362 e. The van der Waals surface area contributed by atoms with Crippen LogP contribution in [0.1, 0.15) is 18.4 Å². The molecule has 2 N–H and O–H groups in total. The van der Waals surface area contributed by atoms with E-state index in [-0.39, 0.29) is 5.82 Å². The molecule has 0 bridgehead atoms. The highest BCUT2D eigenvalue weighted by Gasteiger charge is 2.06. The van der Waals surface area contributed by atoms with Gasteiger partial charge in [0.05, 0.1) is 18.4 Å². The van der Waals surface area contributed by atoms with Gasteiger partial charge in [-0.15, -0.1) is 0 Å². The lowest BCUT2D eigenvalue weighted by Gasteiger charge is -2.08. The largest absolute Gasteiger partial charge is 0.362 e. The van der Waals surface area contributed by atoms with E-state index in [0.717, 1.165) is 11.9 Å². The highest BCUT2D eigenvalue weighted by atomic mass is 19.1. The summed E-state index contributed by atoms with van der Waals surface area (Å²) in [4.78, 5) is 16.1. The van der Waals surface area contributed by atoms with Crippen LogP contribution >= 0.6 is 0 Å². The molecule has 0 aliphatic carbocycles. The topological polar surface area (TPSA) is 75.6 Å². The second kappa shape index (κ2) is 6.03. The van der Waals surface area contributed by atoms with Crippen LogP contribution < -0.4 is 10.6 Å². The van der Waals surface area contributed by atoms with Crippen LogP contribution in [0.4, 0.5) is 16.2 Å². The molecule has 0 radical (unpaired) electrons. The fourth-order valence-electron chi connectivity index (χ4n) is 1.51. The van der Waals surface area contributed by atoms with Crippen molar-refractivity contribution in [1.29, 1.82) is 0 Å². The maximum Gasteiger partial charge on any atom is 0.224 e. The molecule has 0 saturated carbocycles. The van der Waals surface area contributed by atoms with Crippen molar-refractivity contribution in [2.45, 2.75) is 20.4 Å². The zero-order valence-corrected chi connectivity index (χ0v) is 10.8. The smallest absolute Gasteiger partial charge is 0.224 e. The van der Waals surface area contributed by atoms with E-state index in [1.807, 2.05) is 6.92 Å². The van der Waals surface area contributed by atoms with E-state index in [1.54, 1.807) is 19.2 Å². The highest BCUT2D eigenvalue weighted by molar-refractivity contribution is 5.41. The summed E-state index contributed by atoms with van der Waals surface area (Å²) in [6, 6.07) is 1.77.